The molecule has 2 fully saturated rings. The Hall–Kier alpha value is -0.770. The SMILES string of the molecule is C[C@H]1N[C@@H]2CCN(C(=O)OC(C)(C)C)[C@H]12. The van der Waals surface area contributed by atoms with Crippen LogP contribution in [0, 0.1) is 0 Å². The first-order valence-electron chi connectivity index (χ1n) is 5.64. The van der Waals surface area contributed by atoms with Crippen LogP contribution in [0.15, 0.2) is 0 Å². The maximum Gasteiger partial charge on any atom is 0.410 e. The van der Waals surface area contributed by atoms with E-state index >= 15 is 0 Å². The molecule has 2 aliphatic rings. The van der Waals surface area contributed by atoms with Gasteiger partial charge in [-0.25, -0.2) is 4.79 Å². The lowest BCUT2D eigenvalue weighted by Crippen LogP contribution is -2.66. The maximum absolute atomic E-state index is 11.9. The molecule has 0 bridgehead atoms. The molecule has 0 radical (unpaired) electrons. The van der Waals surface area contributed by atoms with Crippen LogP contribution < -0.4 is 5.32 Å². The number of hydrogen-bond acceptors (Lipinski definition) is 3. The summed E-state index contributed by atoms with van der Waals surface area (Å²) in [6.07, 6.45) is 0.886. The van der Waals surface area contributed by atoms with Crippen LogP contribution in [0.25, 0.3) is 0 Å². The molecule has 0 aromatic carbocycles. The summed E-state index contributed by atoms with van der Waals surface area (Å²) in [7, 11) is 0. The van der Waals surface area contributed by atoms with Crippen LogP contribution in [0.1, 0.15) is 34.1 Å². The fourth-order valence-electron chi connectivity index (χ4n) is 2.47. The van der Waals surface area contributed by atoms with E-state index in [0.717, 1.165) is 13.0 Å². The molecule has 0 spiro atoms. The van der Waals surface area contributed by atoms with Crippen molar-refractivity contribution < 1.29 is 9.53 Å². The van der Waals surface area contributed by atoms with Crippen LogP contribution >= 0.6 is 0 Å². The highest BCUT2D eigenvalue weighted by Gasteiger charge is 2.48. The Bertz CT molecular complexity index is 272. The molecule has 86 valence electrons. The van der Waals surface area contributed by atoms with Gasteiger partial charge in [0.15, 0.2) is 0 Å². The number of nitrogens with one attached hydrogen (secondary N) is 1. The van der Waals surface area contributed by atoms with Gasteiger partial charge in [0.25, 0.3) is 0 Å². The average Bonchev–Trinajstić information content (AvgIpc) is 2.38. The van der Waals surface area contributed by atoms with Gasteiger partial charge in [-0.3, -0.25) is 0 Å². The van der Waals surface area contributed by atoms with Crippen LogP contribution in [0.3, 0.4) is 0 Å². The minimum atomic E-state index is -0.393. The van der Waals surface area contributed by atoms with Crippen molar-refractivity contribution in [2.75, 3.05) is 6.54 Å². The number of carbonyl (C=O) groups excluding carboxylic acids is 1. The molecule has 0 aliphatic carbocycles. The minimum absolute atomic E-state index is 0.164. The van der Waals surface area contributed by atoms with Crippen molar-refractivity contribution in [3.05, 3.63) is 0 Å². The van der Waals surface area contributed by atoms with Crippen LogP contribution in [0.5, 0.6) is 0 Å². The fourth-order valence-corrected chi connectivity index (χ4v) is 2.47. The van der Waals surface area contributed by atoms with Crippen molar-refractivity contribution in [3.63, 3.8) is 0 Å². The number of carbonyl (C=O) groups is 1. The first-order valence-corrected chi connectivity index (χ1v) is 5.64. The molecule has 2 heterocycles. The van der Waals surface area contributed by atoms with E-state index in [1.807, 2.05) is 25.7 Å². The summed E-state index contributed by atoms with van der Waals surface area (Å²) in [6, 6.07) is 1.25. The van der Waals surface area contributed by atoms with Crippen LogP contribution in [-0.4, -0.2) is 41.3 Å². The first-order chi connectivity index (χ1) is 6.88. The van der Waals surface area contributed by atoms with Crippen LogP contribution in [0.2, 0.25) is 0 Å². The second kappa shape index (κ2) is 3.37. The normalized spacial score (nSPS) is 34.7. The number of amides is 1. The van der Waals surface area contributed by atoms with Gasteiger partial charge in [0, 0.05) is 18.6 Å². The number of nitrogens with zero attached hydrogens (tertiary/aromatic N) is 1. The summed E-state index contributed by atoms with van der Waals surface area (Å²) in [5, 5.41) is 3.40. The zero-order valence-corrected chi connectivity index (χ0v) is 9.91. The second-order valence-electron chi connectivity index (χ2n) is 5.51. The lowest BCUT2D eigenvalue weighted by atomic mass is 9.92. The summed E-state index contributed by atoms with van der Waals surface area (Å²) in [6.45, 7) is 8.65. The van der Waals surface area contributed by atoms with Gasteiger partial charge in [-0.1, -0.05) is 0 Å². The molecular formula is C11H20N2O2. The van der Waals surface area contributed by atoms with Crippen molar-refractivity contribution in [2.45, 2.75) is 57.8 Å². The largest absolute Gasteiger partial charge is 0.444 e. The van der Waals surface area contributed by atoms with Gasteiger partial charge in [0.2, 0.25) is 0 Å². The van der Waals surface area contributed by atoms with E-state index in [0.29, 0.717) is 18.1 Å². The van der Waals surface area contributed by atoms with E-state index in [-0.39, 0.29) is 6.09 Å². The number of rotatable bonds is 0. The molecule has 0 saturated carbocycles. The van der Waals surface area contributed by atoms with Crippen molar-refractivity contribution in [1.82, 2.24) is 10.2 Å². The molecule has 15 heavy (non-hydrogen) atoms. The van der Waals surface area contributed by atoms with E-state index in [1.54, 1.807) is 0 Å². The lowest BCUT2D eigenvalue weighted by Gasteiger charge is -2.43. The third-order valence-corrected chi connectivity index (χ3v) is 3.07. The summed E-state index contributed by atoms with van der Waals surface area (Å²) in [5.74, 6) is 0. The Morgan fingerprint density at radius 3 is 2.67 bits per heavy atom. The summed E-state index contributed by atoms with van der Waals surface area (Å²) in [4.78, 5) is 13.7. The molecule has 1 N–H and O–H groups in total. The van der Waals surface area contributed by atoms with Crippen molar-refractivity contribution >= 4 is 6.09 Å². The van der Waals surface area contributed by atoms with Gasteiger partial charge in [0.05, 0.1) is 6.04 Å². The molecule has 2 aliphatic heterocycles. The summed E-state index contributed by atoms with van der Waals surface area (Å²) >= 11 is 0. The zero-order valence-electron chi connectivity index (χ0n) is 9.91. The molecule has 1 amide bonds. The minimum Gasteiger partial charge on any atom is -0.444 e. The van der Waals surface area contributed by atoms with Gasteiger partial charge in [-0.2, -0.15) is 0 Å². The number of ether oxygens (including phenoxy) is 1. The second-order valence-corrected chi connectivity index (χ2v) is 5.51. The van der Waals surface area contributed by atoms with Crippen LogP contribution in [-0.2, 0) is 4.74 Å². The zero-order chi connectivity index (χ0) is 11.2. The Morgan fingerprint density at radius 1 is 1.47 bits per heavy atom. The third-order valence-electron chi connectivity index (χ3n) is 3.07. The fraction of sp³-hybridized carbons (Fsp3) is 0.909. The maximum atomic E-state index is 11.9. The lowest BCUT2D eigenvalue weighted by molar-refractivity contribution is 0.0109. The Kier molecular flexibility index (Phi) is 2.41. The predicted octanol–water partition coefficient (Wildman–Crippen LogP) is 1.36. The van der Waals surface area contributed by atoms with Gasteiger partial charge in [-0.15, -0.1) is 0 Å². The molecule has 2 saturated heterocycles. The summed E-state index contributed by atoms with van der Waals surface area (Å²) < 4.78 is 5.38. The van der Waals surface area contributed by atoms with Crippen molar-refractivity contribution in [1.29, 1.82) is 0 Å². The molecular weight excluding hydrogens is 192 g/mol. The monoisotopic (exact) mass is 212 g/mol. The smallest absolute Gasteiger partial charge is 0.410 e. The average molecular weight is 212 g/mol. The van der Waals surface area contributed by atoms with Crippen LogP contribution in [0.4, 0.5) is 4.79 Å². The van der Waals surface area contributed by atoms with E-state index in [4.69, 9.17) is 4.74 Å². The highest BCUT2D eigenvalue weighted by Crippen LogP contribution is 2.30. The Morgan fingerprint density at radius 2 is 2.13 bits per heavy atom. The van der Waals surface area contributed by atoms with E-state index < -0.39 is 5.60 Å². The topological polar surface area (TPSA) is 41.6 Å². The van der Waals surface area contributed by atoms with E-state index in [9.17, 15) is 4.79 Å². The van der Waals surface area contributed by atoms with Crippen molar-refractivity contribution in [2.24, 2.45) is 0 Å². The highest BCUT2D eigenvalue weighted by atomic mass is 16.6. The van der Waals surface area contributed by atoms with Gasteiger partial charge < -0.3 is 15.0 Å². The molecule has 0 aromatic rings. The molecule has 4 heteroatoms. The number of likely N-dealkylation sites (tertiary alicyclic amines) is 1. The molecule has 0 aromatic heterocycles. The van der Waals surface area contributed by atoms with Gasteiger partial charge in [0.1, 0.15) is 5.60 Å². The van der Waals surface area contributed by atoms with Gasteiger partial charge >= 0.3 is 6.09 Å². The van der Waals surface area contributed by atoms with Crippen molar-refractivity contribution in [3.8, 4) is 0 Å². The quantitative estimate of drug-likeness (QED) is 0.659. The summed E-state index contributed by atoms with van der Waals surface area (Å²) in [5.41, 5.74) is -0.393. The Balaban J connectivity index is 1.97. The molecule has 0 unspecified atom stereocenters. The number of hydrogen-bond donors (Lipinski definition) is 1. The molecule has 3 atom stereocenters. The molecule has 4 nitrogen and oxygen atoms in total. The highest BCUT2D eigenvalue weighted by molar-refractivity contribution is 5.69. The first kappa shape index (κ1) is 10.7. The number of fused-ring (bicyclic) bond motifs is 1. The molecule has 2 rings (SSSR count). The standard InChI is InChI=1S/C11H20N2O2/c1-7-9-8(12-7)5-6-13(9)10(14)15-11(2,3)4/h7-9,12H,5-6H2,1-4H3/t7-,8-,9-/m1/s1. The van der Waals surface area contributed by atoms with Gasteiger partial charge in [-0.05, 0) is 34.1 Å². The van der Waals surface area contributed by atoms with E-state index in [1.165, 1.54) is 0 Å². The predicted molar refractivity (Wildman–Crippen MR) is 57.7 cm³/mol. The Labute approximate surface area is 91.0 Å². The third kappa shape index (κ3) is 1.95. The van der Waals surface area contributed by atoms with E-state index in [2.05, 4.69) is 12.2 Å².